The first kappa shape index (κ1) is 13.1. The van der Waals surface area contributed by atoms with Gasteiger partial charge in [0.1, 0.15) is 5.52 Å². The minimum Gasteiger partial charge on any atom is -0.465 e. The van der Waals surface area contributed by atoms with E-state index in [9.17, 15) is 13.6 Å². The van der Waals surface area contributed by atoms with E-state index in [0.29, 0.717) is 11.1 Å². The van der Waals surface area contributed by atoms with Gasteiger partial charge in [0.15, 0.2) is 5.75 Å². The molecule has 19 heavy (non-hydrogen) atoms. The lowest BCUT2D eigenvalue weighted by molar-refractivity contribution is -0.0490. The Hall–Kier alpha value is -2.31. The summed E-state index contributed by atoms with van der Waals surface area (Å²) in [4.78, 5) is 11.5. The third-order valence-electron chi connectivity index (χ3n) is 2.41. The number of aromatic nitrogens is 2. The number of nitrogens with zero attached hydrogens (tertiary/aromatic N) is 2. The molecule has 0 saturated heterocycles. The number of carbonyl (C=O) groups excluding carboxylic acids is 1. The van der Waals surface area contributed by atoms with Crippen molar-refractivity contribution in [3.8, 4) is 5.75 Å². The fourth-order valence-corrected chi connectivity index (χ4v) is 1.65. The molecule has 0 bridgehead atoms. The van der Waals surface area contributed by atoms with Crippen molar-refractivity contribution in [2.45, 2.75) is 13.5 Å². The highest BCUT2D eigenvalue weighted by Crippen LogP contribution is 2.27. The number of rotatable bonds is 3. The summed E-state index contributed by atoms with van der Waals surface area (Å²) in [6.45, 7) is -1.32. The van der Waals surface area contributed by atoms with Crippen LogP contribution in [0, 0.1) is 6.92 Å². The van der Waals surface area contributed by atoms with Gasteiger partial charge in [0.2, 0.25) is 0 Å². The molecule has 0 spiro atoms. The molecule has 1 aromatic carbocycles. The van der Waals surface area contributed by atoms with Crippen LogP contribution in [0.3, 0.4) is 0 Å². The Morgan fingerprint density at radius 1 is 1.26 bits per heavy atom. The summed E-state index contributed by atoms with van der Waals surface area (Å²) in [6, 6.07) is 4.26. The minimum absolute atomic E-state index is 0.109. The van der Waals surface area contributed by atoms with Crippen molar-refractivity contribution < 1.29 is 23.0 Å². The van der Waals surface area contributed by atoms with Crippen LogP contribution in [0.15, 0.2) is 18.2 Å². The van der Waals surface area contributed by atoms with Crippen LogP contribution in [0.1, 0.15) is 16.1 Å². The molecule has 1 aromatic heterocycles. The molecule has 1 heterocycles. The van der Waals surface area contributed by atoms with E-state index < -0.39 is 12.6 Å². The summed E-state index contributed by atoms with van der Waals surface area (Å²) in [5, 5.41) is 8.06. The maximum Gasteiger partial charge on any atom is 0.387 e. The van der Waals surface area contributed by atoms with Gasteiger partial charge in [-0.05, 0) is 25.1 Å². The van der Waals surface area contributed by atoms with Crippen molar-refractivity contribution in [3.05, 3.63) is 29.5 Å². The number of ether oxygens (including phenoxy) is 2. The van der Waals surface area contributed by atoms with Crippen LogP contribution >= 0.6 is 0 Å². The largest absolute Gasteiger partial charge is 0.465 e. The predicted molar refractivity (Wildman–Crippen MR) is 62.2 cm³/mol. The molecule has 0 aliphatic carbocycles. The quantitative estimate of drug-likeness (QED) is 0.799. The minimum atomic E-state index is -3.01. The van der Waals surface area contributed by atoms with E-state index in [4.69, 9.17) is 0 Å². The average molecular weight is 268 g/mol. The molecule has 0 atom stereocenters. The maximum atomic E-state index is 12.4. The normalized spacial score (nSPS) is 10.8. The Balaban J connectivity index is 2.65. The van der Waals surface area contributed by atoms with Gasteiger partial charge in [-0.2, -0.15) is 13.9 Å². The first-order valence-electron chi connectivity index (χ1n) is 5.32. The zero-order chi connectivity index (χ0) is 14.0. The molecule has 0 unspecified atom stereocenters. The van der Waals surface area contributed by atoms with Crippen LogP contribution in [0.4, 0.5) is 8.78 Å². The number of esters is 1. The van der Waals surface area contributed by atoms with Gasteiger partial charge in [0.25, 0.3) is 0 Å². The average Bonchev–Trinajstić information content (AvgIpc) is 2.36. The van der Waals surface area contributed by atoms with Crippen LogP contribution in [-0.4, -0.2) is 29.9 Å². The standard InChI is InChI=1S/C12H10F2N2O3/c1-6-3-7-4-8(11(17)18-2)5-9(19-12(13)14)10(7)16-15-6/h3-5,12H,1-2H3. The number of fused-ring (bicyclic) bond motifs is 1. The molecule has 0 N–H and O–H groups in total. The highest BCUT2D eigenvalue weighted by atomic mass is 19.3. The zero-order valence-corrected chi connectivity index (χ0v) is 10.2. The molecule has 2 rings (SSSR count). The van der Waals surface area contributed by atoms with Gasteiger partial charge in [0, 0.05) is 5.39 Å². The predicted octanol–water partition coefficient (Wildman–Crippen LogP) is 2.33. The fraction of sp³-hybridized carbons (Fsp3) is 0.250. The second-order valence-electron chi connectivity index (χ2n) is 3.77. The maximum absolute atomic E-state index is 12.4. The monoisotopic (exact) mass is 268 g/mol. The number of alkyl halides is 2. The molecular formula is C12H10F2N2O3. The highest BCUT2D eigenvalue weighted by Gasteiger charge is 2.15. The van der Waals surface area contributed by atoms with Crippen molar-refractivity contribution in [2.24, 2.45) is 0 Å². The molecule has 0 saturated carbocycles. The van der Waals surface area contributed by atoms with Crippen LogP contribution in [0.25, 0.3) is 10.9 Å². The van der Waals surface area contributed by atoms with E-state index in [0.717, 1.165) is 6.07 Å². The second-order valence-corrected chi connectivity index (χ2v) is 3.77. The lowest BCUT2D eigenvalue weighted by Crippen LogP contribution is -2.07. The number of aryl methyl sites for hydroxylation is 1. The van der Waals surface area contributed by atoms with Gasteiger partial charge in [-0.3, -0.25) is 0 Å². The zero-order valence-electron chi connectivity index (χ0n) is 10.2. The van der Waals surface area contributed by atoms with Crippen LogP contribution in [0.5, 0.6) is 5.75 Å². The summed E-state index contributed by atoms with van der Waals surface area (Å²) in [5.74, 6) is -0.851. The molecule has 0 aliphatic heterocycles. The second kappa shape index (κ2) is 5.13. The molecule has 100 valence electrons. The molecule has 5 nitrogen and oxygen atoms in total. The van der Waals surface area contributed by atoms with Crippen molar-refractivity contribution in [1.82, 2.24) is 10.2 Å². The number of hydrogen-bond acceptors (Lipinski definition) is 5. The van der Waals surface area contributed by atoms with E-state index in [2.05, 4.69) is 19.7 Å². The van der Waals surface area contributed by atoms with Gasteiger partial charge in [-0.25, -0.2) is 4.79 Å². The SMILES string of the molecule is COC(=O)c1cc(OC(F)F)c2nnc(C)cc2c1. The smallest absolute Gasteiger partial charge is 0.387 e. The Kier molecular flexibility index (Phi) is 3.55. The summed E-state index contributed by atoms with van der Waals surface area (Å²) in [5.41, 5.74) is 0.870. The number of benzene rings is 1. The van der Waals surface area contributed by atoms with Crippen molar-refractivity contribution in [1.29, 1.82) is 0 Å². The molecule has 0 fully saturated rings. The number of methoxy groups -OCH3 is 1. The lowest BCUT2D eigenvalue weighted by atomic mass is 10.1. The summed E-state index contributed by atoms with van der Waals surface area (Å²) >= 11 is 0. The van der Waals surface area contributed by atoms with Crippen molar-refractivity contribution >= 4 is 16.9 Å². The first-order chi connectivity index (χ1) is 9.01. The molecule has 2 aromatic rings. The summed E-state index contributed by atoms with van der Waals surface area (Å²) in [6.07, 6.45) is 0. The Labute approximate surface area is 107 Å². The van der Waals surface area contributed by atoms with Crippen molar-refractivity contribution in [3.63, 3.8) is 0 Å². The Bertz CT molecular complexity index is 632. The highest BCUT2D eigenvalue weighted by molar-refractivity contribution is 5.96. The van der Waals surface area contributed by atoms with Gasteiger partial charge in [0.05, 0.1) is 18.4 Å². The molecule has 0 aliphatic rings. The summed E-state index contributed by atoms with van der Waals surface area (Å²) < 4.78 is 33.6. The molecule has 7 heteroatoms. The third kappa shape index (κ3) is 2.75. The van der Waals surface area contributed by atoms with E-state index in [1.807, 2.05) is 0 Å². The molecule has 0 radical (unpaired) electrons. The van der Waals surface area contributed by atoms with Crippen molar-refractivity contribution in [2.75, 3.05) is 7.11 Å². The lowest BCUT2D eigenvalue weighted by Gasteiger charge is -2.09. The van der Waals surface area contributed by atoms with E-state index in [1.165, 1.54) is 13.2 Å². The Morgan fingerprint density at radius 2 is 2.00 bits per heavy atom. The van der Waals surface area contributed by atoms with Crippen LogP contribution < -0.4 is 4.74 Å². The topological polar surface area (TPSA) is 61.3 Å². The van der Waals surface area contributed by atoms with E-state index >= 15 is 0 Å². The molecule has 0 amide bonds. The summed E-state index contributed by atoms with van der Waals surface area (Å²) in [7, 11) is 1.20. The van der Waals surface area contributed by atoms with Gasteiger partial charge < -0.3 is 9.47 Å². The number of halogens is 2. The van der Waals surface area contributed by atoms with Gasteiger partial charge in [-0.15, -0.1) is 5.10 Å². The van der Waals surface area contributed by atoms with E-state index in [1.54, 1.807) is 13.0 Å². The Morgan fingerprint density at radius 3 is 2.63 bits per heavy atom. The third-order valence-corrected chi connectivity index (χ3v) is 2.41. The van der Waals surface area contributed by atoms with Crippen LogP contribution in [-0.2, 0) is 4.74 Å². The fourth-order valence-electron chi connectivity index (χ4n) is 1.65. The van der Waals surface area contributed by atoms with Gasteiger partial charge >= 0.3 is 12.6 Å². The van der Waals surface area contributed by atoms with Gasteiger partial charge in [-0.1, -0.05) is 0 Å². The van der Waals surface area contributed by atoms with Crippen LogP contribution in [0.2, 0.25) is 0 Å². The number of carbonyl (C=O) groups is 1. The van der Waals surface area contributed by atoms with E-state index in [-0.39, 0.29) is 16.8 Å². The number of hydrogen-bond donors (Lipinski definition) is 0. The first-order valence-corrected chi connectivity index (χ1v) is 5.32. The molecular weight excluding hydrogens is 258 g/mol.